The Kier molecular flexibility index (Phi) is 7.67. The lowest BCUT2D eigenvalue weighted by atomic mass is 10.1. The Labute approximate surface area is 199 Å². The SMILES string of the molecule is CC(=N)N(C1CCNCC1)N1CCN(S(=O)(=O)c2ccc3cc(Cl)ccc3c2)CC1=O.Cl. The molecule has 0 saturated carbocycles. The summed E-state index contributed by atoms with van der Waals surface area (Å²) in [5, 5.41) is 17.0. The van der Waals surface area contributed by atoms with Crippen LogP contribution in [0.2, 0.25) is 5.02 Å². The summed E-state index contributed by atoms with van der Waals surface area (Å²) in [6.07, 6.45) is 1.67. The number of piperazine rings is 1. The molecule has 174 valence electrons. The highest BCUT2D eigenvalue weighted by atomic mass is 35.5. The minimum absolute atomic E-state index is 0. The van der Waals surface area contributed by atoms with Crippen molar-refractivity contribution in [3.8, 4) is 0 Å². The Morgan fingerprint density at radius 2 is 1.78 bits per heavy atom. The van der Waals surface area contributed by atoms with Crippen molar-refractivity contribution in [2.75, 3.05) is 32.7 Å². The molecule has 2 aromatic carbocycles. The molecule has 32 heavy (non-hydrogen) atoms. The molecule has 2 fully saturated rings. The second-order valence-electron chi connectivity index (χ2n) is 7.92. The zero-order valence-electron chi connectivity index (χ0n) is 17.8. The molecular formula is C21H27Cl2N5O3S. The maximum absolute atomic E-state index is 13.2. The third-order valence-electron chi connectivity index (χ3n) is 5.83. The molecule has 4 rings (SSSR count). The van der Waals surface area contributed by atoms with Crippen molar-refractivity contribution in [3.63, 3.8) is 0 Å². The lowest BCUT2D eigenvalue weighted by Gasteiger charge is -2.45. The highest BCUT2D eigenvalue weighted by molar-refractivity contribution is 7.89. The highest BCUT2D eigenvalue weighted by Gasteiger charge is 2.37. The van der Waals surface area contributed by atoms with Crippen LogP contribution in [-0.4, -0.2) is 73.2 Å². The molecule has 11 heteroatoms. The van der Waals surface area contributed by atoms with E-state index in [0.717, 1.165) is 36.7 Å². The van der Waals surface area contributed by atoms with Crippen molar-refractivity contribution in [2.24, 2.45) is 0 Å². The number of amides is 1. The van der Waals surface area contributed by atoms with Crippen LogP contribution in [0, 0.1) is 5.41 Å². The molecule has 8 nitrogen and oxygen atoms in total. The average molecular weight is 500 g/mol. The number of sulfonamides is 1. The molecule has 1 amide bonds. The molecule has 2 saturated heterocycles. The summed E-state index contributed by atoms with van der Waals surface area (Å²) in [5.41, 5.74) is 0. The summed E-state index contributed by atoms with van der Waals surface area (Å²) >= 11 is 6.01. The van der Waals surface area contributed by atoms with Crippen molar-refractivity contribution in [1.82, 2.24) is 19.6 Å². The van der Waals surface area contributed by atoms with Gasteiger partial charge in [-0.1, -0.05) is 23.7 Å². The van der Waals surface area contributed by atoms with E-state index in [9.17, 15) is 13.2 Å². The first-order chi connectivity index (χ1) is 14.8. The summed E-state index contributed by atoms with van der Waals surface area (Å²) in [6, 6.07) is 10.2. The zero-order chi connectivity index (χ0) is 22.2. The predicted molar refractivity (Wildman–Crippen MR) is 128 cm³/mol. The van der Waals surface area contributed by atoms with E-state index in [1.165, 1.54) is 4.31 Å². The quantitative estimate of drug-likeness (QED) is 0.497. The largest absolute Gasteiger partial charge is 0.317 e. The van der Waals surface area contributed by atoms with E-state index in [4.69, 9.17) is 17.0 Å². The third-order valence-corrected chi connectivity index (χ3v) is 7.91. The van der Waals surface area contributed by atoms with Crippen LogP contribution in [0.15, 0.2) is 41.3 Å². The molecule has 0 radical (unpaired) electrons. The van der Waals surface area contributed by atoms with E-state index in [1.807, 2.05) is 0 Å². The Morgan fingerprint density at radius 3 is 2.44 bits per heavy atom. The molecule has 2 N–H and O–H groups in total. The number of halogens is 2. The van der Waals surface area contributed by atoms with Gasteiger partial charge in [0, 0.05) is 11.6 Å². The fourth-order valence-electron chi connectivity index (χ4n) is 4.28. The molecule has 0 atom stereocenters. The highest BCUT2D eigenvalue weighted by Crippen LogP contribution is 2.26. The van der Waals surface area contributed by atoms with E-state index in [-0.39, 0.29) is 48.9 Å². The van der Waals surface area contributed by atoms with Gasteiger partial charge in [-0.3, -0.25) is 20.2 Å². The summed E-state index contributed by atoms with van der Waals surface area (Å²) in [5.74, 6) is -0.0164. The normalized spacial score (nSPS) is 18.4. The Hall–Kier alpha value is -1.91. The molecule has 0 aromatic heterocycles. The number of amidine groups is 1. The van der Waals surface area contributed by atoms with Gasteiger partial charge in [0.2, 0.25) is 10.0 Å². The van der Waals surface area contributed by atoms with Gasteiger partial charge in [-0.05, 0) is 67.9 Å². The van der Waals surface area contributed by atoms with Gasteiger partial charge in [-0.25, -0.2) is 8.42 Å². The number of carbonyl (C=O) groups excluding carboxylic acids is 1. The van der Waals surface area contributed by atoms with E-state index >= 15 is 0 Å². The number of hydrogen-bond acceptors (Lipinski definition) is 5. The molecular weight excluding hydrogens is 473 g/mol. The molecule has 2 aliphatic heterocycles. The predicted octanol–water partition coefficient (Wildman–Crippen LogP) is 2.71. The summed E-state index contributed by atoms with van der Waals surface area (Å²) in [7, 11) is -3.82. The maximum Gasteiger partial charge on any atom is 0.256 e. The molecule has 0 aliphatic carbocycles. The lowest BCUT2D eigenvalue weighted by molar-refractivity contribution is -0.150. The van der Waals surface area contributed by atoms with Crippen molar-refractivity contribution >= 4 is 56.5 Å². The van der Waals surface area contributed by atoms with Crippen LogP contribution in [0.4, 0.5) is 0 Å². The summed E-state index contributed by atoms with van der Waals surface area (Å²) in [6.45, 7) is 3.51. The smallest absolute Gasteiger partial charge is 0.256 e. The van der Waals surface area contributed by atoms with Crippen LogP contribution in [0.5, 0.6) is 0 Å². The second-order valence-corrected chi connectivity index (χ2v) is 10.3. The summed E-state index contributed by atoms with van der Waals surface area (Å²) in [4.78, 5) is 13.1. The molecule has 0 spiro atoms. The van der Waals surface area contributed by atoms with Crippen LogP contribution in [0.3, 0.4) is 0 Å². The summed E-state index contributed by atoms with van der Waals surface area (Å²) < 4.78 is 27.7. The minimum atomic E-state index is -3.82. The van der Waals surface area contributed by atoms with Gasteiger partial charge < -0.3 is 5.32 Å². The molecule has 2 aromatic rings. The van der Waals surface area contributed by atoms with E-state index < -0.39 is 10.0 Å². The third kappa shape index (κ3) is 4.87. The van der Waals surface area contributed by atoms with Crippen LogP contribution in [-0.2, 0) is 14.8 Å². The number of nitrogens with one attached hydrogen (secondary N) is 2. The van der Waals surface area contributed by atoms with Crippen molar-refractivity contribution in [3.05, 3.63) is 41.4 Å². The Morgan fingerprint density at radius 1 is 1.12 bits per heavy atom. The standard InChI is InChI=1S/C21H26ClN5O3S.ClH/c1-15(23)27(19-6-8-24-9-7-19)26-11-10-25(14-21(26)28)31(29,30)20-5-3-16-12-18(22)4-2-17(16)13-20;/h2-5,12-13,19,23-24H,6-11,14H2,1H3;1H. The van der Waals surface area contributed by atoms with Crippen LogP contribution in [0.1, 0.15) is 19.8 Å². The number of fused-ring (bicyclic) bond motifs is 1. The van der Waals surface area contributed by atoms with Gasteiger partial charge in [-0.15, -0.1) is 12.4 Å². The van der Waals surface area contributed by atoms with Crippen LogP contribution in [0.25, 0.3) is 10.8 Å². The number of hydrazine groups is 1. The van der Waals surface area contributed by atoms with Crippen molar-refractivity contribution in [1.29, 1.82) is 5.41 Å². The van der Waals surface area contributed by atoms with Gasteiger partial charge in [0.25, 0.3) is 5.91 Å². The van der Waals surface area contributed by atoms with E-state index in [0.29, 0.717) is 10.9 Å². The first-order valence-corrected chi connectivity index (χ1v) is 12.1. The number of piperidine rings is 1. The number of benzene rings is 2. The van der Waals surface area contributed by atoms with Crippen LogP contribution >= 0.6 is 24.0 Å². The fourth-order valence-corrected chi connectivity index (χ4v) is 5.88. The van der Waals surface area contributed by atoms with Gasteiger partial charge in [0.05, 0.1) is 24.0 Å². The first kappa shape index (κ1) is 24.7. The van der Waals surface area contributed by atoms with Gasteiger partial charge in [-0.2, -0.15) is 4.31 Å². The minimum Gasteiger partial charge on any atom is -0.317 e. The molecule has 0 bridgehead atoms. The Bertz CT molecular complexity index is 1120. The van der Waals surface area contributed by atoms with Crippen molar-refractivity contribution < 1.29 is 13.2 Å². The average Bonchev–Trinajstić information content (AvgIpc) is 2.75. The number of carbonyl (C=O) groups is 1. The topological polar surface area (TPSA) is 96.8 Å². The molecule has 2 heterocycles. The number of rotatable bonds is 4. The Balaban J connectivity index is 0.00000289. The van der Waals surface area contributed by atoms with E-state index in [1.54, 1.807) is 53.3 Å². The zero-order valence-corrected chi connectivity index (χ0v) is 20.1. The second kappa shape index (κ2) is 9.93. The van der Waals surface area contributed by atoms with Crippen LogP contribution < -0.4 is 5.32 Å². The molecule has 0 unspecified atom stereocenters. The first-order valence-electron chi connectivity index (χ1n) is 10.3. The van der Waals surface area contributed by atoms with E-state index in [2.05, 4.69) is 5.32 Å². The van der Waals surface area contributed by atoms with Gasteiger partial charge >= 0.3 is 0 Å². The van der Waals surface area contributed by atoms with Crippen molar-refractivity contribution in [2.45, 2.75) is 30.7 Å². The lowest BCUT2D eigenvalue weighted by Crippen LogP contribution is -2.62. The fraction of sp³-hybridized carbons (Fsp3) is 0.429. The monoisotopic (exact) mass is 499 g/mol. The maximum atomic E-state index is 13.2. The van der Waals surface area contributed by atoms with Gasteiger partial charge in [0.15, 0.2) is 0 Å². The number of hydrogen-bond donors (Lipinski definition) is 2. The molecule has 2 aliphatic rings. The number of nitrogens with zero attached hydrogens (tertiary/aromatic N) is 3. The van der Waals surface area contributed by atoms with Gasteiger partial charge in [0.1, 0.15) is 5.84 Å².